The van der Waals surface area contributed by atoms with Crippen LogP contribution in [-0.2, 0) is 4.79 Å². The fourth-order valence-electron chi connectivity index (χ4n) is 1.73. The molecule has 0 radical (unpaired) electrons. The number of amides is 1. The first kappa shape index (κ1) is 14.5. The number of aromatic nitrogens is 1. The van der Waals surface area contributed by atoms with Gasteiger partial charge in [0, 0.05) is 23.5 Å². The average molecular weight is 282 g/mol. The van der Waals surface area contributed by atoms with Crippen LogP contribution in [0.3, 0.4) is 0 Å². The van der Waals surface area contributed by atoms with Crippen molar-refractivity contribution in [3.05, 3.63) is 65.5 Å². The number of aryl methyl sites for hydroxylation is 1. The molecule has 106 valence electrons. The number of carboxylic acid groups (broad SMARTS) is 1. The van der Waals surface area contributed by atoms with Crippen LogP contribution in [0.15, 0.2) is 48.7 Å². The fourth-order valence-corrected chi connectivity index (χ4v) is 1.73. The van der Waals surface area contributed by atoms with Gasteiger partial charge in [0.15, 0.2) is 0 Å². The van der Waals surface area contributed by atoms with Crippen LogP contribution in [-0.4, -0.2) is 22.0 Å². The zero-order chi connectivity index (χ0) is 15.2. The quantitative estimate of drug-likeness (QED) is 0.845. The standard InChI is InChI=1S/C16H14N2O3/c1-11-4-7-13(8-5-11)18-16(21)15-12(3-2-10-17-15)6-9-14(19)20/h2-10H,1H3,(H,18,21)(H,19,20)/b9-6+. The second kappa shape index (κ2) is 6.47. The summed E-state index contributed by atoms with van der Waals surface area (Å²) in [6.45, 7) is 1.96. The van der Waals surface area contributed by atoms with Crippen molar-refractivity contribution < 1.29 is 14.7 Å². The lowest BCUT2D eigenvalue weighted by atomic mass is 10.1. The smallest absolute Gasteiger partial charge is 0.328 e. The third-order valence-electron chi connectivity index (χ3n) is 2.77. The molecule has 0 aliphatic carbocycles. The maximum atomic E-state index is 12.2. The molecule has 0 saturated heterocycles. The zero-order valence-corrected chi connectivity index (χ0v) is 11.4. The van der Waals surface area contributed by atoms with E-state index < -0.39 is 5.97 Å². The van der Waals surface area contributed by atoms with Crippen LogP contribution in [0.4, 0.5) is 5.69 Å². The summed E-state index contributed by atoms with van der Waals surface area (Å²) in [6.07, 6.45) is 3.81. The molecule has 21 heavy (non-hydrogen) atoms. The fraction of sp³-hybridized carbons (Fsp3) is 0.0625. The molecule has 5 nitrogen and oxygen atoms in total. The average Bonchev–Trinajstić information content (AvgIpc) is 2.47. The van der Waals surface area contributed by atoms with E-state index in [9.17, 15) is 9.59 Å². The van der Waals surface area contributed by atoms with Crippen LogP contribution >= 0.6 is 0 Å². The number of hydrogen-bond acceptors (Lipinski definition) is 3. The molecular formula is C16H14N2O3. The number of benzene rings is 1. The van der Waals surface area contributed by atoms with E-state index in [-0.39, 0.29) is 11.6 Å². The summed E-state index contributed by atoms with van der Waals surface area (Å²) in [7, 11) is 0. The van der Waals surface area contributed by atoms with Crippen LogP contribution < -0.4 is 5.32 Å². The van der Waals surface area contributed by atoms with Gasteiger partial charge in [0.2, 0.25) is 0 Å². The second-order valence-corrected chi connectivity index (χ2v) is 4.43. The molecule has 0 fully saturated rings. The monoisotopic (exact) mass is 282 g/mol. The highest BCUT2D eigenvalue weighted by Gasteiger charge is 2.11. The minimum absolute atomic E-state index is 0.176. The summed E-state index contributed by atoms with van der Waals surface area (Å²) in [5.41, 5.74) is 2.38. The molecule has 0 saturated carbocycles. The Morgan fingerprint density at radius 3 is 2.57 bits per heavy atom. The number of carbonyl (C=O) groups is 2. The molecule has 2 N–H and O–H groups in total. The molecule has 1 heterocycles. The van der Waals surface area contributed by atoms with E-state index >= 15 is 0 Å². The molecule has 1 aromatic carbocycles. The van der Waals surface area contributed by atoms with Gasteiger partial charge in [0.05, 0.1) is 0 Å². The summed E-state index contributed by atoms with van der Waals surface area (Å²) in [5, 5.41) is 11.4. The van der Waals surface area contributed by atoms with Crippen molar-refractivity contribution in [1.82, 2.24) is 4.98 Å². The number of nitrogens with zero attached hydrogens (tertiary/aromatic N) is 1. The Kier molecular flexibility index (Phi) is 4.46. The Morgan fingerprint density at radius 1 is 1.19 bits per heavy atom. The predicted molar refractivity (Wildman–Crippen MR) is 80.0 cm³/mol. The second-order valence-electron chi connectivity index (χ2n) is 4.43. The first-order valence-electron chi connectivity index (χ1n) is 6.30. The number of nitrogens with one attached hydrogen (secondary N) is 1. The largest absolute Gasteiger partial charge is 0.478 e. The van der Waals surface area contributed by atoms with E-state index in [1.165, 1.54) is 12.3 Å². The number of rotatable bonds is 4. The van der Waals surface area contributed by atoms with Crippen molar-refractivity contribution in [2.75, 3.05) is 5.32 Å². The number of aliphatic carboxylic acids is 1. The molecule has 5 heteroatoms. The highest BCUT2D eigenvalue weighted by Crippen LogP contribution is 2.13. The summed E-state index contributed by atoms with van der Waals surface area (Å²) >= 11 is 0. The van der Waals surface area contributed by atoms with Crippen molar-refractivity contribution in [3.63, 3.8) is 0 Å². The minimum atomic E-state index is -1.08. The maximum absolute atomic E-state index is 12.2. The topological polar surface area (TPSA) is 79.3 Å². The van der Waals surface area contributed by atoms with Crippen molar-refractivity contribution in [2.45, 2.75) is 6.92 Å². The lowest BCUT2D eigenvalue weighted by molar-refractivity contribution is -0.131. The normalized spacial score (nSPS) is 10.5. The zero-order valence-electron chi connectivity index (χ0n) is 11.4. The lowest BCUT2D eigenvalue weighted by Crippen LogP contribution is -2.15. The highest BCUT2D eigenvalue weighted by atomic mass is 16.4. The van der Waals surface area contributed by atoms with E-state index in [0.29, 0.717) is 11.3 Å². The molecule has 0 aliphatic heterocycles. The molecule has 2 rings (SSSR count). The van der Waals surface area contributed by atoms with Crippen LogP contribution in [0.25, 0.3) is 6.08 Å². The van der Waals surface area contributed by atoms with E-state index in [1.54, 1.807) is 24.3 Å². The first-order chi connectivity index (χ1) is 10.1. The first-order valence-corrected chi connectivity index (χ1v) is 6.30. The maximum Gasteiger partial charge on any atom is 0.328 e. The molecular weight excluding hydrogens is 268 g/mol. The van der Waals surface area contributed by atoms with Crippen LogP contribution in [0.5, 0.6) is 0 Å². The third kappa shape index (κ3) is 4.01. The van der Waals surface area contributed by atoms with Crippen LogP contribution in [0.1, 0.15) is 21.6 Å². The van der Waals surface area contributed by atoms with E-state index in [2.05, 4.69) is 10.3 Å². The molecule has 0 unspecified atom stereocenters. The van der Waals surface area contributed by atoms with Gasteiger partial charge in [-0.15, -0.1) is 0 Å². The molecule has 0 aliphatic rings. The van der Waals surface area contributed by atoms with E-state index in [0.717, 1.165) is 11.6 Å². The molecule has 0 bridgehead atoms. The number of pyridine rings is 1. The summed E-state index contributed by atoms with van der Waals surface area (Å²) in [5.74, 6) is -1.46. The SMILES string of the molecule is Cc1ccc(NC(=O)c2ncccc2/C=C/C(=O)O)cc1. The number of hydrogen-bond donors (Lipinski definition) is 2. The van der Waals surface area contributed by atoms with Crippen LogP contribution in [0, 0.1) is 6.92 Å². The van der Waals surface area contributed by atoms with Gasteiger partial charge in [-0.05, 0) is 31.2 Å². The Hall–Kier alpha value is -2.95. The number of carboxylic acids is 1. The predicted octanol–water partition coefficient (Wildman–Crippen LogP) is 2.74. The summed E-state index contributed by atoms with van der Waals surface area (Å²) < 4.78 is 0. The van der Waals surface area contributed by atoms with Gasteiger partial charge in [-0.1, -0.05) is 23.8 Å². The van der Waals surface area contributed by atoms with Crippen molar-refractivity contribution >= 4 is 23.6 Å². The van der Waals surface area contributed by atoms with E-state index in [4.69, 9.17) is 5.11 Å². The number of anilines is 1. The van der Waals surface area contributed by atoms with Crippen molar-refractivity contribution in [1.29, 1.82) is 0 Å². The number of carbonyl (C=O) groups excluding carboxylic acids is 1. The van der Waals surface area contributed by atoms with Gasteiger partial charge >= 0.3 is 5.97 Å². The minimum Gasteiger partial charge on any atom is -0.478 e. The molecule has 0 spiro atoms. The van der Waals surface area contributed by atoms with Crippen LogP contribution in [0.2, 0.25) is 0 Å². The van der Waals surface area contributed by atoms with Gasteiger partial charge in [0.1, 0.15) is 5.69 Å². The molecule has 0 atom stereocenters. The van der Waals surface area contributed by atoms with E-state index in [1.807, 2.05) is 19.1 Å². The highest BCUT2D eigenvalue weighted by molar-refractivity contribution is 6.05. The third-order valence-corrected chi connectivity index (χ3v) is 2.77. The van der Waals surface area contributed by atoms with Gasteiger partial charge in [-0.25, -0.2) is 4.79 Å². The molecule has 1 amide bonds. The summed E-state index contributed by atoms with van der Waals surface area (Å²) in [4.78, 5) is 26.8. The Labute approximate surface area is 122 Å². The Balaban J connectivity index is 2.23. The molecule has 2 aromatic rings. The van der Waals surface area contributed by atoms with Crippen molar-refractivity contribution in [3.8, 4) is 0 Å². The Morgan fingerprint density at radius 2 is 1.90 bits per heavy atom. The van der Waals surface area contributed by atoms with Gasteiger partial charge in [0.25, 0.3) is 5.91 Å². The van der Waals surface area contributed by atoms with Gasteiger partial charge in [-0.3, -0.25) is 9.78 Å². The van der Waals surface area contributed by atoms with Crippen molar-refractivity contribution in [2.24, 2.45) is 0 Å². The molecule has 1 aromatic heterocycles. The lowest BCUT2D eigenvalue weighted by Gasteiger charge is -2.07. The Bertz CT molecular complexity index is 691. The summed E-state index contributed by atoms with van der Waals surface area (Å²) in [6, 6.07) is 10.6. The van der Waals surface area contributed by atoms with Gasteiger partial charge in [-0.2, -0.15) is 0 Å². The van der Waals surface area contributed by atoms with Gasteiger partial charge < -0.3 is 10.4 Å².